The molecule has 0 saturated carbocycles. The molecular formula is C18H15NO. The van der Waals surface area contributed by atoms with Crippen LogP contribution < -0.4 is 4.74 Å². The fourth-order valence-corrected chi connectivity index (χ4v) is 2.99. The molecule has 2 heterocycles. The van der Waals surface area contributed by atoms with Crippen LogP contribution in [0.3, 0.4) is 0 Å². The molecule has 0 N–H and O–H groups in total. The summed E-state index contributed by atoms with van der Waals surface area (Å²) < 4.78 is 5.97. The van der Waals surface area contributed by atoms with Crippen LogP contribution >= 0.6 is 0 Å². The first-order valence-corrected chi connectivity index (χ1v) is 6.86. The van der Waals surface area contributed by atoms with Crippen molar-refractivity contribution >= 4 is 10.9 Å². The molecule has 3 aromatic rings. The van der Waals surface area contributed by atoms with Gasteiger partial charge in [0.2, 0.25) is 0 Å². The summed E-state index contributed by atoms with van der Waals surface area (Å²) in [5.74, 6) is 0.974. The lowest BCUT2D eigenvalue weighted by molar-refractivity contribution is 0.299. The van der Waals surface area contributed by atoms with Gasteiger partial charge in [0.05, 0.1) is 11.2 Å². The number of rotatable bonds is 0. The van der Waals surface area contributed by atoms with Gasteiger partial charge in [-0.05, 0) is 37.1 Å². The Morgan fingerprint density at radius 3 is 2.75 bits per heavy atom. The number of para-hydroxylation sites is 2. The summed E-state index contributed by atoms with van der Waals surface area (Å²) in [6, 6.07) is 14.6. The molecule has 2 nitrogen and oxygen atoms in total. The maximum absolute atomic E-state index is 5.97. The highest BCUT2D eigenvalue weighted by atomic mass is 16.5. The topological polar surface area (TPSA) is 22.1 Å². The number of pyridine rings is 1. The Morgan fingerprint density at radius 2 is 1.85 bits per heavy atom. The van der Waals surface area contributed by atoms with Gasteiger partial charge in [-0.2, -0.15) is 0 Å². The third kappa shape index (κ3) is 1.48. The number of ether oxygens (including phenoxy) is 1. The van der Waals surface area contributed by atoms with E-state index in [-0.39, 0.29) is 0 Å². The predicted molar refractivity (Wildman–Crippen MR) is 81.0 cm³/mol. The minimum absolute atomic E-state index is 0.608. The molecule has 0 fully saturated rings. The van der Waals surface area contributed by atoms with Gasteiger partial charge in [0, 0.05) is 16.5 Å². The SMILES string of the molecule is Cc1cccc2c1OCc1c-2nc2ccccc2c1C. The summed E-state index contributed by atoms with van der Waals surface area (Å²) in [7, 11) is 0. The molecule has 0 saturated heterocycles. The molecule has 0 atom stereocenters. The molecule has 1 aliphatic heterocycles. The number of benzene rings is 2. The van der Waals surface area contributed by atoms with E-state index in [1.807, 2.05) is 6.07 Å². The molecule has 98 valence electrons. The first-order chi connectivity index (χ1) is 9.75. The van der Waals surface area contributed by atoms with Crippen LogP contribution in [-0.4, -0.2) is 4.98 Å². The lowest BCUT2D eigenvalue weighted by Crippen LogP contribution is -2.10. The van der Waals surface area contributed by atoms with Crippen LogP contribution in [0.25, 0.3) is 22.2 Å². The van der Waals surface area contributed by atoms with Crippen molar-refractivity contribution < 1.29 is 4.74 Å². The number of hydrogen-bond donors (Lipinski definition) is 0. The third-order valence-electron chi connectivity index (χ3n) is 4.11. The number of aryl methyl sites for hydroxylation is 2. The third-order valence-corrected chi connectivity index (χ3v) is 4.11. The average Bonchev–Trinajstić information content (AvgIpc) is 2.48. The van der Waals surface area contributed by atoms with E-state index in [4.69, 9.17) is 9.72 Å². The molecule has 0 aliphatic carbocycles. The van der Waals surface area contributed by atoms with Crippen molar-refractivity contribution in [2.75, 3.05) is 0 Å². The van der Waals surface area contributed by atoms with Gasteiger partial charge in [-0.25, -0.2) is 4.98 Å². The largest absolute Gasteiger partial charge is 0.488 e. The summed E-state index contributed by atoms with van der Waals surface area (Å²) in [5, 5.41) is 1.21. The van der Waals surface area contributed by atoms with E-state index in [0.29, 0.717) is 6.61 Å². The highest BCUT2D eigenvalue weighted by Crippen LogP contribution is 2.40. The van der Waals surface area contributed by atoms with Crippen LogP contribution in [0.5, 0.6) is 5.75 Å². The Bertz CT molecular complexity index is 836. The van der Waals surface area contributed by atoms with Gasteiger partial charge in [-0.1, -0.05) is 30.3 Å². The van der Waals surface area contributed by atoms with Crippen molar-refractivity contribution in [3.63, 3.8) is 0 Å². The van der Waals surface area contributed by atoms with Crippen molar-refractivity contribution in [3.05, 3.63) is 59.2 Å². The lowest BCUT2D eigenvalue weighted by Gasteiger charge is -2.23. The molecule has 0 amide bonds. The van der Waals surface area contributed by atoms with Crippen LogP contribution in [0.2, 0.25) is 0 Å². The van der Waals surface area contributed by atoms with E-state index < -0.39 is 0 Å². The van der Waals surface area contributed by atoms with Crippen molar-refractivity contribution in [3.8, 4) is 17.0 Å². The molecular weight excluding hydrogens is 246 g/mol. The lowest BCUT2D eigenvalue weighted by atomic mass is 9.95. The van der Waals surface area contributed by atoms with Gasteiger partial charge in [-0.3, -0.25) is 0 Å². The summed E-state index contributed by atoms with van der Waals surface area (Å²) in [4.78, 5) is 4.88. The second-order valence-corrected chi connectivity index (χ2v) is 5.32. The van der Waals surface area contributed by atoms with Crippen LogP contribution in [-0.2, 0) is 6.61 Å². The van der Waals surface area contributed by atoms with Crippen molar-refractivity contribution in [1.82, 2.24) is 4.98 Å². The minimum atomic E-state index is 0.608. The second kappa shape index (κ2) is 4.07. The van der Waals surface area contributed by atoms with Crippen LogP contribution in [0.15, 0.2) is 42.5 Å². The van der Waals surface area contributed by atoms with Gasteiger partial charge < -0.3 is 4.74 Å². The molecule has 20 heavy (non-hydrogen) atoms. The van der Waals surface area contributed by atoms with E-state index in [9.17, 15) is 0 Å². The number of fused-ring (bicyclic) bond motifs is 4. The zero-order valence-corrected chi connectivity index (χ0v) is 11.6. The highest BCUT2D eigenvalue weighted by Gasteiger charge is 2.22. The van der Waals surface area contributed by atoms with Crippen molar-refractivity contribution in [1.29, 1.82) is 0 Å². The van der Waals surface area contributed by atoms with E-state index in [1.54, 1.807) is 0 Å². The smallest absolute Gasteiger partial charge is 0.132 e. The van der Waals surface area contributed by atoms with Gasteiger partial charge >= 0.3 is 0 Å². The summed E-state index contributed by atoms with van der Waals surface area (Å²) >= 11 is 0. The molecule has 1 aromatic heterocycles. The van der Waals surface area contributed by atoms with E-state index in [0.717, 1.165) is 22.5 Å². The number of aromatic nitrogens is 1. The van der Waals surface area contributed by atoms with Crippen LogP contribution in [0, 0.1) is 13.8 Å². The Labute approximate surface area is 118 Å². The molecule has 0 bridgehead atoms. The molecule has 2 heteroatoms. The summed E-state index contributed by atoms with van der Waals surface area (Å²) in [6.45, 7) is 4.85. The average molecular weight is 261 g/mol. The van der Waals surface area contributed by atoms with Gasteiger partial charge in [-0.15, -0.1) is 0 Å². The second-order valence-electron chi connectivity index (χ2n) is 5.32. The maximum atomic E-state index is 5.97. The highest BCUT2D eigenvalue weighted by molar-refractivity contribution is 5.88. The molecule has 2 aromatic carbocycles. The molecule has 0 radical (unpaired) electrons. The van der Waals surface area contributed by atoms with Crippen molar-refractivity contribution in [2.24, 2.45) is 0 Å². The maximum Gasteiger partial charge on any atom is 0.132 e. The first kappa shape index (κ1) is 11.5. The van der Waals surface area contributed by atoms with Gasteiger partial charge in [0.15, 0.2) is 0 Å². The predicted octanol–water partition coefficient (Wildman–Crippen LogP) is 4.41. The quantitative estimate of drug-likeness (QED) is 0.598. The fourth-order valence-electron chi connectivity index (χ4n) is 2.99. The normalized spacial score (nSPS) is 12.7. The van der Waals surface area contributed by atoms with Crippen molar-refractivity contribution in [2.45, 2.75) is 20.5 Å². The Balaban J connectivity index is 2.11. The van der Waals surface area contributed by atoms with Crippen LogP contribution in [0.1, 0.15) is 16.7 Å². The van der Waals surface area contributed by atoms with E-state index >= 15 is 0 Å². The number of hydrogen-bond acceptors (Lipinski definition) is 2. The molecule has 1 aliphatic rings. The monoisotopic (exact) mass is 261 g/mol. The zero-order chi connectivity index (χ0) is 13.7. The Morgan fingerprint density at radius 1 is 1.00 bits per heavy atom. The number of nitrogens with zero attached hydrogens (tertiary/aromatic N) is 1. The molecule has 0 spiro atoms. The standard InChI is InChI=1S/C18H15NO/c1-11-6-5-8-14-17-15(10-20-18(11)14)12(2)13-7-3-4-9-16(13)19-17/h3-9H,10H2,1-2H3. The Hall–Kier alpha value is -2.35. The van der Waals surface area contributed by atoms with Crippen LogP contribution in [0.4, 0.5) is 0 Å². The first-order valence-electron chi connectivity index (χ1n) is 6.86. The summed E-state index contributed by atoms with van der Waals surface area (Å²) in [6.07, 6.45) is 0. The minimum Gasteiger partial charge on any atom is -0.488 e. The van der Waals surface area contributed by atoms with E-state index in [1.165, 1.54) is 22.1 Å². The van der Waals surface area contributed by atoms with E-state index in [2.05, 4.69) is 50.2 Å². The fraction of sp³-hybridized carbons (Fsp3) is 0.167. The molecule has 0 unspecified atom stereocenters. The van der Waals surface area contributed by atoms with Gasteiger partial charge in [0.25, 0.3) is 0 Å². The zero-order valence-electron chi connectivity index (χ0n) is 11.6. The Kier molecular flexibility index (Phi) is 2.34. The van der Waals surface area contributed by atoms with Gasteiger partial charge in [0.1, 0.15) is 12.4 Å². The molecule has 4 rings (SSSR count). The summed E-state index contributed by atoms with van der Waals surface area (Å²) in [5.41, 5.74) is 6.89.